The Morgan fingerprint density at radius 2 is 1.90 bits per heavy atom. The Labute approximate surface area is 179 Å². The first-order valence-corrected chi connectivity index (χ1v) is 12.1. The van der Waals surface area contributed by atoms with Gasteiger partial charge >= 0.3 is 0 Å². The second kappa shape index (κ2) is 7.15. The molecule has 0 aliphatic heterocycles. The van der Waals surface area contributed by atoms with E-state index in [0.29, 0.717) is 48.8 Å². The van der Waals surface area contributed by atoms with E-state index in [2.05, 4.69) is 12.0 Å². The summed E-state index contributed by atoms with van der Waals surface area (Å²) in [5.41, 5.74) is 0.390. The molecule has 0 bridgehead atoms. The average Bonchev–Trinajstić information content (AvgIpc) is 3.24. The molecule has 0 radical (unpaired) electrons. The number of halogens is 1. The van der Waals surface area contributed by atoms with Crippen LogP contribution in [0.5, 0.6) is 0 Å². The molecule has 5 heteroatoms. The number of aliphatic hydroxyl groups is 1. The Balaban J connectivity index is 1.34. The molecule has 5 rings (SSSR count). The van der Waals surface area contributed by atoms with E-state index in [0.717, 1.165) is 44.1 Å². The summed E-state index contributed by atoms with van der Waals surface area (Å²) in [6.45, 7) is 6.56. The van der Waals surface area contributed by atoms with Gasteiger partial charge in [0, 0.05) is 12.1 Å². The summed E-state index contributed by atoms with van der Waals surface area (Å²) >= 11 is 0. The number of aryl methyl sites for hydroxylation is 1. The van der Waals surface area contributed by atoms with Crippen molar-refractivity contribution in [3.8, 4) is 0 Å². The van der Waals surface area contributed by atoms with Crippen molar-refractivity contribution in [3.05, 3.63) is 18.0 Å². The molecule has 0 aromatic carbocycles. The van der Waals surface area contributed by atoms with Crippen molar-refractivity contribution in [1.82, 2.24) is 9.78 Å². The Kier molecular flexibility index (Phi) is 4.92. The highest BCUT2D eigenvalue weighted by molar-refractivity contribution is 5.82. The molecule has 0 amide bonds. The third-order valence-corrected chi connectivity index (χ3v) is 9.71. The maximum atomic E-state index is 15.4. The topological polar surface area (TPSA) is 55.1 Å². The molecule has 4 aliphatic carbocycles. The zero-order valence-electron chi connectivity index (χ0n) is 18.7. The normalized spacial score (nSPS) is 48.0. The van der Waals surface area contributed by atoms with E-state index in [4.69, 9.17) is 0 Å². The zero-order chi connectivity index (χ0) is 21.3. The lowest BCUT2D eigenvalue weighted by Gasteiger charge is -2.57. The fourth-order valence-electron chi connectivity index (χ4n) is 8.36. The van der Waals surface area contributed by atoms with Gasteiger partial charge in [-0.25, -0.2) is 4.39 Å². The summed E-state index contributed by atoms with van der Waals surface area (Å²) in [5.74, 6) is 2.29. The lowest BCUT2D eigenvalue weighted by molar-refractivity contribution is -0.139. The number of hydrogen-bond donors (Lipinski definition) is 1. The van der Waals surface area contributed by atoms with E-state index in [9.17, 15) is 9.90 Å². The molecule has 1 heterocycles. The van der Waals surface area contributed by atoms with Crippen LogP contribution in [0, 0.1) is 47.8 Å². The number of nitrogens with zero attached hydrogens (tertiary/aromatic N) is 2. The Morgan fingerprint density at radius 1 is 1.17 bits per heavy atom. The third-order valence-electron chi connectivity index (χ3n) is 9.71. The fraction of sp³-hybridized carbons (Fsp3) is 0.840. The van der Waals surface area contributed by atoms with Gasteiger partial charge in [0.15, 0.2) is 5.78 Å². The molecule has 0 saturated heterocycles. The number of hydrogen-bond acceptors (Lipinski definition) is 3. The van der Waals surface area contributed by atoms with Crippen LogP contribution >= 0.6 is 0 Å². The molecule has 4 aliphatic rings. The van der Waals surface area contributed by atoms with Gasteiger partial charge in [0.2, 0.25) is 0 Å². The van der Waals surface area contributed by atoms with Crippen molar-refractivity contribution in [2.24, 2.45) is 40.9 Å². The first-order valence-electron chi connectivity index (χ1n) is 12.1. The van der Waals surface area contributed by atoms with E-state index in [1.165, 1.54) is 0 Å². The number of ketones is 1. The summed E-state index contributed by atoms with van der Waals surface area (Å²) in [6.07, 6.45) is 10.2. The maximum Gasteiger partial charge on any atom is 0.157 e. The number of aromatic nitrogens is 2. The van der Waals surface area contributed by atoms with Crippen LogP contribution in [0.25, 0.3) is 0 Å². The van der Waals surface area contributed by atoms with Gasteiger partial charge < -0.3 is 5.11 Å². The number of Topliss-reactive ketones (excluding diaryl/α,β-unsaturated/α-hetero) is 1. The summed E-state index contributed by atoms with van der Waals surface area (Å²) in [4.78, 5) is 13.2. The minimum atomic E-state index is -0.799. The second-order valence-corrected chi connectivity index (χ2v) is 11.6. The van der Waals surface area contributed by atoms with E-state index >= 15 is 4.39 Å². The van der Waals surface area contributed by atoms with Gasteiger partial charge in [-0.1, -0.05) is 6.92 Å². The van der Waals surface area contributed by atoms with Crippen LogP contribution in [-0.4, -0.2) is 32.4 Å². The van der Waals surface area contributed by atoms with Crippen LogP contribution in [0.3, 0.4) is 0 Å². The van der Waals surface area contributed by atoms with Crippen molar-refractivity contribution < 1.29 is 14.3 Å². The largest absolute Gasteiger partial charge is 0.390 e. The number of carbonyl (C=O) groups excluding carboxylic acids is 1. The molecule has 1 aromatic rings. The number of alkyl halides is 1. The van der Waals surface area contributed by atoms with E-state index in [1.807, 2.05) is 20.0 Å². The first-order chi connectivity index (χ1) is 14.2. The van der Waals surface area contributed by atoms with E-state index < -0.39 is 11.8 Å². The molecule has 4 nitrogen and oxygen atoms in total. The number of rotatable bonds is 3. The standard InChI is InChI=1S/C25H37FN2O2/c1-15-12-27-28(13-15)14-23(29)21-5-4-20-18-10-22(26)19-11-24(2,30)8-6-17(19)16(18)7-9-25(20,21)3/h12-13,16-22,30H,4-11,14H2,1-3H3/t16-,17-,18-,19+,20+,21-,22-,24-,25+/m1/s1. The summed E-state index contributed by atoms with van der Waals surface area (Å²) in [7, 11) is 0. The molecule has 30 heavy (non-hydrogen) atoms. The average molecular weight is 417 g/mol. The van der Waals surface area contributed by atoms with E-state index in [1.54, 1.807) is 10.9 Å². The monoisotopic (exact) mass is 416 g/mol. The van der Waals surface area contributed by atoms with Crippen LogP contribution in [-0.2, 0) is 11.3 Å². The van der Waals surface area contributed by atoms with Crippen LogP contribution in [0.2, 0.25) is 0 Å². The molecule has 1 N–H and O–H groups in total. The molecular formula is C25H37FN2O2. The smallest absolute Gasteiger partial charge is 0.157 e. The third kappa shape index (κ3) is 3.27. The van der Waals surface area contributed by atoms with Gasteiger partial charge in [-0.2, -0.15) is 5.10 Å². The lowest BCUT2D eigenvalue weighted by Crippen LogP contribution is -2.54. The highest BCUT2D eigenvalue weighted by Gasteiger charge is 2.60. The van der Waals surface area contributed by atoms with Gasteiger partial charge in [-0.3, -0.25) is 9.48 Å². The molecule has 0 unspecified atom stereocenters. The fourth-order valence-corrected chi connectivity index (χ4v) is 8.36. The van der Waals surface area contributed by atoms with Crippen molar-refractivity contribution >= 4 is 5.78 Å². The maximum absolute atomic E-state index is 15.4. The van der Waals surface area contributed by atoms with E-state index in [-0.39, 0.29) is 17.3 Å². The quantitative estimate of drug-likeness (QED) is 0.775. The van der Waals surface area contributed by atoms with Crippen LogP contribution in [0.4, 0.5) is 4.39 Å². The summed E-state index contributed by atoms with van der Waals surface area (Å²) in [6, 6.07) is 0. The number of fused-ring (bicyclic) bond motifs is 5. The van der Waals surface area contributed by atoms with Gasteiger partial charge in [0.05, 0.1) is 18.3 Å². The van der Waals surface area contributed by atoms with Crippen LogP contribution in [0.1, 0.15) is 70.8 Å². The number of carbonyl (C=O) groups is 1. The second-order valence-electron chi connectivity index (χ2n) is 11.6. The van der Waals surface area contributed by atoms with Crippen molar-refractivity contribution in [2.75, 3.05) is 0 Å². The minimum Gasteiger partial charge on any atom is -0.390 e. The first kappa shape index (κ1) is 20.7. The predicted molar refractivity (Wildman–Crippen MR) is 113 cm³/mol. The van der Waals surface area contributed by atoms with Gasteiger partial charge in [-0.15, -0.1) is 0 Å². The van der Waals surface area contributed by atoms with Gasteiger partial charge in [0.1, 0.15) is 6.17 Å². The van der Waals surface area contributed by atoms with Crippen LogP contribution < -0.4 is 0 Å². The van der Waals surface area contributed by atoms with Crippen molar-refractivity contribution in [3.63, 3.8) is 0 Å². The van der Waals surface area contributed by atoms with Crippen molar-refractivity contribution in [2.45, 2.75) is 90.5 Å². The lowest BCUT2D eigenvalue weighted by atomic mass is 9.48. The molecule has 4 saturated carbocycles. The molecule has 1 aromatic heterocycles. The Hall–Kier alpha value is -1.23. The summed E-state index contributed by atoms with van der Waals surface area (Å²) < 4.78 is 17.1. The highest BCUT2D eigenvalue weighted by atomic mass is 19.1. The minimum absolute atomic E-state index is 0.00711. The zero-order valence-corrected chi connectivity index (χ0v) is 18.7. The van der Waals surface area contributed by atoms with Crippen LogP contribution in [0.15, 0.2) is 12.4 Å². The highest BCUT2D eigenvalue weighted by Crippen LogP contribution is 2.65. The van der Waals surface area contributed by atoms with Crippen molar-refractivity contribution in [1.29, 1.82) is 0 Å². The molecule has 4 fully saturated rings. The molecular weight excluding hydrogens is 379 g/mol. The Bertz CT molecular complexity index is 820. The van der Waals surface area contributed by atoms with Gasteiger partial charge in [0.25, 0.3) is 0 Å². The SMILES string of the molecule is Cc1cnn(CC(=O)[C@H]2CC[C@H]3[C@@H]4C[C@@H](F)[C@H]5C[C@](C)(O)CC[C@@H]5[C@H]4CC[C@]23C)c1. The Morgan fingerprint density at radius 3 is 2.63 bits per heavy atom. The molecule has 0 spiro atoms. The van der Waals surface area contributed by atoms with Gasteiger partial charge in [-0.05, 0) is 106 Å². The molecule has 9 atom stereocenters. The molecule has 166 valence electrons. The predicted octanol–water partition coefficient (Wildman–Crippen LogP) is 4.73. The summed E-state index contributed by atoms with van der Waals surface area (Å²) in [5, 5.41) is 14.8.